The standard InChI is InChI=1S/C10H8N4OS/c1-6-11-10(16-13-6)14-8-5-3-2-4-7(8)12-9(14)15/h2-5H,1H3,(H,12,15). The van der Waals surface area contributed by atoms with Crippen LogP contribution in [0.1, 0.15) is 5.82 Å². The van der Waals surface area contributed by atoms with E-state index < -0.39 is 0 Å². The van der Waals surface area contributed by atoms with Crippen LogP contribution in [0.4, 0.5) is 0 Å². The first-order chi connectivity index (χ1) is 7.75. The van der Waals surface area contributed by atoms with Crippen LogP contribution in [0.15, 0.2) is 29.1 Å². The van der Waals surface area contributed by atoms with Crippen LogP contribution < -0.4 is 5.69 Å². The molecule has 0 saturated heterocycles. The number of H-pyrrole nitrogens is 1. The summed E-state index contributed by atoms with van der Waals surface area (Å²) in [6.45, 7) is 1.81. The SMILES string of the molecule is Cc1nsc(-n2c(=O)[nH]c3ccccc32)n1. The van der Waals surface area contributed by atoms with Crippen molar-refractivity contribution in [3.8, 4) is 5.13 Å². The van der Waals surface area contributed by atoms with E-state index in [1.165, 1.54) is 11.5 Å². The molecule has 2 aromatic heterocycles. The molecule has 0 fully saturated rings. The maximum absolute atomic E-state index is 11.8. The van der Waals surface area contributed by atoms with E-state index in [-0.39, 0.29) is 5.69 Å². The molecule has 5 nitrogen and oxygen atoms in total. The molecule has 0 radical (unpaired) electrons. The molecule has 3 aromatic rings. The van der Waals surface area contributed by atoms with Gasteiger partial charge >= 0.3 is 5.69 Å². The van der Waals surface area contributed by atoms with Gasteiger partial charge in [-0.15, -0.1) is 0 Å². The van der Waals surface area contributed by atoms with Gasteiger partial charge in [0.15, 0.2) is 0 Å². The van der Waals surface area contributed by atoms with Gasteiger partial charge < -0.3 is 4.98 Å². The van der Waals surface area contributed by atoms with Gasteiger partial charge in [0.2, 0.25) is 5.13 Å². The van der Waals surface area contributed by atoms with Gasteiger partial charge in [0.1, 0.15) is 5.82 Å². The van der Waals surface area contributed by atoms with E-state index in [4.69, 9.17) is 0 Å². The zero-order chi connectivity index (χ0) is 11.1. The molecular weight excluding hydrogens is 224 g/mol. The molecule has 80 valence electrons. The fraction of sp³-hybridized carbons (Fsp3) is 0.100. The zero-order valence-electron chi connectivity index (χ0n) is 8.47. The zero-order valence-corrected chi connectivity index (χ0v) is 9.28. The predicted octanol–water partition coefficient (Wildman–Crippen LogP) is 1.48. The minimum absolute atomic E-state index is 0.183. The number of hydrogen-bond acceptors (Lipinski definition) is 4. The average Bonchev–Trinajstić information content (AvgIpc) is 2.80. The van der Waals surface area contributed by atoms with Crippen LogP contribution in [0, 0.1) is 6.92 Å². The van der Waals surface area contributed by atoms with E-state index in [1.54, 1.807) is 11.5 Å². The Bertz CT molecular complexity index is 709. The Morgan fingerprint density at radius 1 is 1.38 bits per heavy atom. The number of aromatic amines is 1. The molecule has 0 saturated carbocycles. The van der Waals surface area contributed by atoms with E-state index in [0.717, 1.165) is 11.0 Å². The molecule has 1 N–H and O–H groups in total. The summed E-state index contributed by atoms with van der Waals surface area (Å²) in [6, 6.07) is 7.51. The van der Waals surface area contributed by atoms with Crippen molar-refractivity contribution in [3.63, 3.8) is 0 Å². The number of benzene rings is 1. The van der Waals surface area contributed by atoms with E-state index in [9.17, 15) is 4.79 Å². The Kier molecular flexibility index (Phi) is 1.90. The highest BCUT2D eigenvalue weighted by Gasteiger charge is 2.11. The molecule has 6 heteroatoms. The third-order valence-corrected chi connectivity index (χ3v) is 3.09. The Labute approximate surface area is 94.6 Å². The molecule has 0 amide bonds. The highest BCUT2D eigenvalue weighted by molar-refractivity contribution is 7.08. The van der Waals surface area contributed by atoms with Gasteiger partial charge in [0.25, 0.3) is 0 Å². The second kappa shape index (κ2) is 3.28. The monoisotopic (exact) mass is 232 g/mol. The lowest BCUT2D eigenvalue weighted by Gasteiger charge is -1.95. The van der Waals surface area contributed by atoms with E-state index in [0.29, 0.717) is 11.0 Å². The molecule has 3 rings (SSSR count). The quantitative estimate of drug-likeness (QED) is 0.691. The third kappa shape index (κ3) is 1.27. The van der Waals surface area contributed by atoms with Crippen molar-refractivity contribution < 1.29 is 0 Å². The molecule has 0 aliphatic heterocycles. The minimum Gasteiger partial charge on any atom is -0.305 e. The van der Waals surface area contributed by atoms with Crippen LogP contribution in [0.5, 0.6) is 0 Å². The molecular formula is C10H8N4OS. The Morgan fingerprint density at radius 2 is 2.19 bits per heavy atom. The molecule has 1 aromatic carbocycles. The topological polar surface area (TPSA) is 63.6 Å². The van der Waals surface area contributed by atoms with Crippen molar-refractivity contribution in [3.05, 3.63) is 40.6 Å². The number of nitrogens with zero attached hydrogens (tertiary/aromatic N) is 3. The lowest BCUT2D eigenvalue weighted by Crippen LogP contribution is -2.14. The van der Waals surface area contributed by atoms with Gasteiger partial charge in [-0.05, 0) is 19.1 Å². The van der Waals surface area contributed by atoms with Crippen LogP contribution in [0.2, 0.25) is 0 Å². The second-order valence-electron chi connectivity index (χ2n) is 3.41. The summed E-state index contributed by atoms with van der Waals surface area (Å²) in [5, 5.41) is 0.597. The normalized spacial score (nSPS) is 11.1. The second-order valence-corrected chi connectivity index (χ2v) is 4.14. The maximum atomic E-state index is 11.8. The Morgan fingerprint density at radius 3 is 2.94 bits per heavy atom. The number of hydrogen-bond donors (Lipinski definition) is 1. The number of aryl methyl sites for hydroxylation is 1. The first-order valence-corrected chi connectivity index (χ1v) is 5.53. The number of rotatable bonds is 1. The predicted molar refractivity (Wildman–Crippen MR) is 62.1 cm³/mol. The van der Waals surface area contributed by atoms with Crippen molar-refractivity contribution in [2.24, 2.45) is 0 Å². The fourth-order valence-corrected chi connectivity index (χ4v) is 2.31. The van der Waals surface area contributed by atoms with Crippen molar-refractivity contribution in [2.75, 3.05) is 0 Å². The molecule has 0 bridgehead atoms. The summed E-state index contributed by atoms with van der Waals surface area (Å²) in [6.07, 6.45) is 0. The van der Waals surface area contributed by atoms with Crippen molar-refractivity contribution in [1.82, 2.24) is 18.9 Å². The van der Waals surface area contributed by atoms with Crippen molar-refractivity contribution in [1.29, 1.82) is 0 Å². The summed E-state index contributed by atoms with van der Waals surface area (Å²) in [5.41, 5.74) is 1.45. The van der Waals surface area contributed by atoms with Gasteiger partial charge in [-0.1, -0.05) is 12.1 Å². The Hall–Kier alpha value is -1.95. The molecule has 0 aliphatic rings. The number of fused-ring (bicyclic) bond motifs is 1. The van der Waals surface area contributed by atoms with Gasteiger partial charge in [0, 0.05) is 11.5 Å². The van der Waals surface area contributed by atoms with Crippen LogP contribution in [-0.4, -0.2) is 18.9 Å². The third-order valence-electron chi connectivity index (χ3n) is 2.30. The first kappa shape index (κ1) is 9.29. The highest BCUT2D eigenvalue weighted by atomic mass is 32.1. The van der Waals surface area contributed by atoms with Gasteiger partial charge in [-0.3, -0.25) is 0 Å². The van der Waals surface area contributed by atoms with Gasteiger partial charge in [0.05, 0.1) is 11.0 Å². The molecule has 0 atom stereocenters. The first-order valence-electron chi connectivity index (χ1n) is 4.76. The summed E-state index contributed by atoms with van der Waals surface area (Å²) in [7, 11) is 0. The number of nitrogens with one attached hydrogen (secondary N) is 1. The number of para-hydroxylation sites is 2. The number of imidazole rings is 1. The lowest BCUT2D eigenvalue weighted by atomic mass is 10.3. The van der Waals surface area contributed by atoms with E-state index in [2.05, 4.69) is 14.3 Å². The molecule has 0 unspecified atom stereocenters. The van der Waals surface area contributed by atoms with Crippen molar-refractivity contribution in [2.45, 2.75) is 6.92 Å². The van der Waals surface area contributed by atoms with Crippen molar-refractivity contribution >= 4 is 22.6 Å². The summed E-state index contributed by atoms with van der Waals surface area (Å²) < 4.78 is 5.62. The smallest absolute Gasteiger partial charge is 0.305 e. The molecule has 0 spiro atoms. The molecule has 0 aliphatic carbocycles. The van der Waals surface area contributed by atoms with Crippen LogP contribution in [0.25, 0.3) is 16.2 Å². The average molecular weight is 232 g/mol. The largest absolute Gasteiger partial charge is 0.332 e. The van der Waals surface area contributed by atoms with Gasteiger partial charge in [-0.2, -0.15) is 4.37 Å². The van der Waals surface area contributed by atoms with Gasteiger partial charge in [-0.25, -0.2) is 14.3 Å². The lowest BCUT2D eigenvalue weighted by molar-refractivity contribution is 0.982. The van der Waals surface area contributed by atoms with Crippen LogP contribution in [0.3, 0.4) is 0 Å². The van der Waals surface area contributed by atoms with Crippen LogP contribution >= 0.6 is 11.5 Å². The maximum Gasteiger partial charge on any atom is 0.332 e. The van der Waals surface area contributed by atoms with E-state index in [1.807, 2.05) is 24.3 Å². The summed E-state index contributed by atoms with van der Waals surface area (Å²) in [5.74, 6) is 0.678. The molecule has 16 heavy (non-hydrogen) atoms. The summed E-state index contributed by atoms with van der Waals surface area (Å²) in [4.78, 5) is 18.8. The van der Waals surface area contributed by atoms with Crippen LogP contribution in [-0.2, 0) is 0 Å². The van der Waals surface area contributed by atoms with E-state index >= 15 is 0 Å². The summed E-state index contributed by atoms with van der Waals surface area (Å²) >= 11 is 1.22. The minimum atomic E-state index is -0.183. The molecule has 2 heterocycles. The highest BCUT2D eigenvalue weighted by Crippen LogP contribution is 2.16. The number of aromatic nitrogens is 4. The Balaban J connectivity index is 2.39. The fourth-order valence-electron chi connectivity index (χ4n) is 1.62.